The molecule has 0 bridgehead atoms. The highest BCUT2D eigenvalue weighted by molar-refractivity contribution is 7.99. The summed E-state index contributed by atoms with van der Waals surface area (Å²) in [5.74, 6) is -1.28. The van der Waals surface area contributed by atoms with Crippen LogP contribution in [0.4, 0.5) is 0 Å². The van der Waals surface area contributed by atoms with Gasteiger partial charge in [0.15, 0.2) is 0 Å². The molecule has 0 radical (unpaired) electrons. The molecule has 1 rings (SSSR count). The molecule has 15 heavy (non-hydrogen) atoms. The number of thioether (sulfide) groups is 1. The van der Waals surface area contributed by atoms with Gasteiger partial charge < -0.3 is 14.8 Å². The summed E-state index contributed by atoms with van der Waals surface area (Å²) < 4.78 is 4.91. The van der Waals surface area contributed by atoms with E-state index in [1.54, 1.807) is 0 Å². The van der Waals surface area contributed by atoms with E-state index in [2.05, 4.69) is 10.3 Å². The van der Waals surface area contributed by atoms with Crippen LogP contribution in [0.3, 0.4) is 0 Å². The number of carbonyl (C=O) groups is 2. The third-order valence-electron chi connectivity index (χ3n) is 1.46. The van der Waals surface area contributed by atoms with Crippen LogP contribution in [0.1, 0.15) is 6.92 Å². The number of hydrogen-bond donors (Lipinski definition) is 2. The number of carboxylic acid groups (broad SMARTS) is 1. The molecule has 2 N–H and O–H groups in total. The van der Waals surface area contributed by atoms with Crippen LogP contribution in [-0.2, 0) is 9.59 Å². The third-order valence-corrected chi connectivity index (χ3v) is 2.41. The Morgan fingerprint density at radius 2 is 2.47 bits per heavy atom. The Kier molecular flexibility index (Phi) is 4.17. The van der Waals surface area contributed by atoms with E-state index in [1.807, 2.05) is 0 Å². The largest absolute Gasteiger partial charge is 0.480 e. The summed E-state index contributed by atoms with van der Waals surface area (Å²) in [5.41, 5.74) is 0. The molecule has 6 nitrogen and oxygen atoms in total. The zero-order chi connectivity index (χ0) is 11.3. The van der Waals surface area contributed by atoms with Gasteiger partial charge in [0.25, 0.3) is 5.22 Å². The number of aromatic nitrogens is 1. The summed E-state index contributed by atoms with van der Waals surface area (Å²) in [5, 5.41) is 11.5. The van der Waals surface area contributed by atoms with Gasteiger partial charge in [0.2, 0.25) is 5.91 Å². The van der Waals surface area contributed by atoms with Gasteiger partial charge in [-0.15, -0.1) is 0 Å². The van der Waals surface area contributed by atoms with Crippen molar-refractivity contribution in [1.82, 2.24) is 10.3 Å². The minimum absolute atomic E-state index is 0.176. The minimum atomic E-state index is -1.08. The molecule has 0 saturated heterocycles. The minimum Gasteiger partial charge on any atom is -0.480 e. The molecule has 1 atom stereocenters. The van der Waals surface area contributed by atoms with Gasteiger partial charge in [-0.1, -0.05) is 11.8 Å². The van der Waals surface area contributed by atoms with Gasteiger partial charge in [-0.25, -0.2) is 9.78 Å². The number of carboxylic acids is 1. The fourth-order valence-corrected chi connectivity index (χ4v) is 1.65. The molecule has 0 saturated carbocycles. The van der Waals surface area contributed by atoms with E-state index < -0.39 is 12.0 Å². The monoisotopic (exact) mass is 230 g/mol. The van der Waals surface area contributed by atoms with E-state index in [4.69, 9.17) is 9.52 Å². The van der Waals surface area contributed by atoms with Crippen molar-refractivity contribution in [3.8, 4) is 0 Å². The van der Waals surface area contributed by atoms with Gasteiger partial charge in [-0.2, -0.15) is 0 Å². The smallest absolute Gasteiger partial charge is 0.327 e. The predicted molar refractivity (Wildman–Crippen MR) is 52.5 cm³/mol. The number of amides is 1. The lowest BCUT2D eigenvalue weighted by atomic mass is 10.3. The van der Waals surface area contributed by atoms with Crippen molar-refractivity contribution in [2.45, 2.75) is 18.2 Å². The van der Waals surface area contributed by atoms with Crippen molar-refractivity contribution >= 4 is 23.6 Å². The second kappa shape index (κ2) is 5.40. The number of nitrogens with one attached hydrogen (secondary N) is 1. The lowest BCUT2D eigenvalue weighted by Crippen LogP contribution is -2.41. The van der Waals surface area contributed by atoms with Crippen LogP contribution in [0.25, 0.3) is 0 Å². The van der Waals surface area contributed by atoms with E-state index in [0.717, 1.165) is 11.8 Å². The van der Waals surface area contributed by atoms with E-state index in [9.17, 15) is 9.59 Å². The Bertz CT molecular complexity index is 338. The summed E-state index contributed by atoms with van der Waals surface area (Å²) in [6.45, 7) is 1.27. The first kappa shape index (κ1) is 11.6. The molecule has 0 aromatic carbocycles. The van der Waals surface area contributed by atoms with Crippen molar-refractivity contribution in [2.75, 3.05) is 5.75 Å². The summed E-state index contributed by atoms with van der Waals surface area (Å²) in [6, 6.07) is -0.931. The molecule has 82 valence electrons. The van der Waals surface area contributed by atoms with Crippen molar-refractivity contribution in [2.24, 2.45) is 0 Å². The van der Waals surface area contributed by atoms with Gasteiger partial charge in [-0.05, 0) is 0 Å². The third kappa shape index (κ3) is 4.03. The summed E-state index contributed by atoms with van der Waals surface area (Å²) in [6.07, 6.45) is 2.87. The second-order valence-corrected chi connectivity index (χ2v) is 3.67. The predicted octanol–water partition coefficient (Wildman–Crippen LogP) is 0.356. The topological polar surface area (TPSA) is 92.4 Å². The van der Waals surface area contributed by atoms with Crippen LogP contribution < -0.4 is 5.32 Å². The van der Waals surface area contributed by atoms with Gasteiger partial charge in [0, 0.05) is 12.7 Å². The summed E-state index contributed by atoms with van der Waals surface area (Å²) >= 11 is 1.13. The van der Waals surface area contributed by atoms with E-state index in [-0.39, 0.29) is 11.7 Å². The summed E-state index contributed by atoms with van der Waals surface area (Å²) in [4.78, 5) is 25.2. The summed E-state index contributed by atoms with van der Waals surface area (Å²) in [7, 11) is 0. The number of carbonyl (C=O) groups excluding carboxylic acids is 1. The second-order valence-electron chi connectivity index (χ2n) is 2.70. The van der Waals surface area contributed by atoms with Crippen LogP contribution >= 0.6 is 11.8 Å². The number of aliphatic carboxylic acids is 1. The van der Waals surface area contributed by atoms with Crippen LogP contribution in [0.2, 0.25) is 0 Å². The maximum Gasteiger partial charge on any atom is 0.327 e. The fourth-order valence-electron chi connectivity index (χ4n) is 0.856. The Labute approximate surface area is 90.1 Å². The Morgan fingerprint density at radius 3 is 2.93 bits per heavy atom. The van der Waals surface area contributed by atoms with Crippen molar-refractivity contribution < 1.29 is 19.1 Å². The van der Waals surface area contributed by atoms with Gasteiger partial charge in [-0.3, -0.25) is 4.79 Å². The molecule has 1 aromatic rings. The zero-order valence-electron chi connectivity index (χ0n) is 7.97. The van der Waals surface area contributed by atoms with Crippen molar-refractivity contribution in [1.29, 1.82) is 0 Å². The molecule has 0 aliphatic heterocycles. The molecule has 1 amide bonds. The molecular weight excluding hydrogens is 220 g/mol. The number of hydrogen-bond acceptors (Lipinski definition) is 5. The maximum atomic E-state index is 10.7. The van der Waals surface area contributed by atoms with Gasteiger partial charge in [0.05, 0.1) is 6.20 Å². The highest BCUT2D eigenvalue weighted by Crippen LogP contribution is 2.15. The fraction of sp³-hybridized carbons (Fsp3) is 0.375. The SMILES string of the molecule is CC(=O)NC(CSc1ncco1)C(=O)O. The number of oxazole rings is 1. The number of nitrogens with zero attached hydrogens (tertiary/aromatic N) is 1. The van der Waals surface area contributed by atoms with Crippen LogP contribution in [-0.4, -0.2) is 33.8 Å². The molecule has 1 unspecified atom stereocenters. The van der Waals surface area contributed by atoms with Gasteiger partial charge >= 0.3 is 5.97 Å². The van der Waals surface area contributed by atoms with Crippen LogP contribution in [0, 0.1) is 0 Å². The average molecular weight is 230 g/mol. The maximum absolute atomic E-state index is 10.7. The molecular formula is C8H10N2O4S. The van der Waals surface area contributed by atoms with Gasteiger partial charge in [0.1, 0.15) is 12.3 Å². The molecule has 0 aliphatic rings. The zero-order valence-corrected chi connectivity index (χ0v) is 8.78. The molecule has 1 heterocycles. The average Bonchev–Trinajstić information content (AvgIpc) is 2.63. The standard InChI is InChI=1S/C8H10N2O4S/c1-5(11)10-6(7(12)13)4-15-8-9-2-3-14-8/h2-3,6H,4H2,1H3,(H,10,11)(H,12,13). The van der Waals surface area contributed by atoms with Crippen LogP contribution in [0.5, 0.6) is 0 Å². The Balaban J connectivity index is 2.45. The molecule has 1 aromatic heterocycles. The highest BCUT2D eigenvalue weighted by atomic mass is 32.2. The van der Waals surface area contributed by atoms with E-state index in [1.165, 1.54) is 19.4 Å². The first-order chi connectivity index (χ1) is 7.09. The molecule has 0 fully saturated rings. The Hall–Kier alpha value is -1.50. The molecule has 0 spiro atoms. The highest BCUT2D eigenvalue weighted by Gasteiger charge is 2.19. The number of rotatable bonds is 5. The first-order valence-corrected chi connectivity index (χ1v) is 5.10. The van der Waals surface area contributed by atoms with E-state index in [0.29, 0.717) is 5.22 Å². The Morgan fingerprint density at radius 1 is 1.73 bits per heavy atom. The normalized spacial score (nSPS) is 12.1. The molecule has 7 heteroatoms. The van der Waals surface area contributed by atoms with E-state index >= 15 is 0 Å². The quantitative estimate of drug-likeness (QED) is 0.709. The first-order valence-electron chi connectivity index (χ1n) is 4.12. The van der Waals surface area contributed by atoms with Crippen LogP contribution in [0.15, 0.2) is 22.1 Å². The van der Waals surface area contributed by atoms with Crippen molar-refractivity contribution in [3.05, 3.63) is 12.5 Å². The van der Waals surface area contributed by atoms with Crippen molar-refractivity contribution in [3.63, 3.8) is 0 Å². The lowest BCUT2D eigenvalue weighted by molar-refractivity contribution is -0.140. The lowest BCUT2D eigenvalue weighted by Gasteiger charge is -2.10. The molecule has 0 aliphatic carbocycles.